The summed E-state index contributed by atoms with van der Waals surface area (Å²) in [6.07, 6.45) is 0. The highest BCUT2D eigenvalue weighted by atomic mass is 16.4. The van der Waals surface area contributed by atoms with E-state index in [4.69, 9.17) is 15.3 Å². The molecule has 10 heteroatoms. The normalized spacial score (nSPS) is 10.2. The summed E-state index contributed by atoms with van der Waals surface area (Å²) < 4.78 is 0. The number of nitrogens with one attached hydrogen (secondary N) is 1. The lowest BCUT2D eigenvalue weighted by atomic mass is 10.1. The number of benzene rings is 2. The lowest BCUT2D eigenvalue weighted by Crippen LogP contribution is -2.14. The van der Waals surface area contributed by atoms with Crippen LogP contribution in [0, 0.1) is 0 Å². The number of aromatic carboxylic acids is 3. The van der Waals surface area contributed by atoms with Crippen molar-refractivity contribution in [2.75, 3.05) is 5.32 Å². The van der Waals surface area contributed by atoms with Crippen molar-refractivity contribution in [3.05, 3.63) is 52.6 Å². The Labute approximate surface area is 144 Å². The second kappa shape index (κ2) is 6.81. The Morgan fingerprint density at radius 2 is 1.12 bits per heavy atom. The third-order valence-electron chi connectivity index (χ3n) is 3.27. The molecule has 2 aromatic rings. The van der Waals surface area contributed by atoms with E-state index in [0.717, 1.165) is 18.2 Å². The molecule has 0 atom stereocenters. The highest BCUT2D eigenvalue weighted by Crippen LogP contribution is 2.28. The van der Waals surface area contributed by atoms with Gasteiger partial charge in [0.15, 0.2) is 0 Å². The number of aromatic hydroxyl groups is 2. The summed E-state index contributed by atoms with van der Waals surface area (Å²) in [5.74, 6) is -6.90. The SMILES string of the molecule is O=C(O)c1cc(NC(=O)c2cc(O)c(C(=O)O)cc2O)cc(C(=O)O)c1. The van der Waals surface area contributed by atoms with E-state index >= 15 is 0 Å². The highest BCUT2D eigenvalue weighted by molar-refractivity contribution is 6.08. The van der Waals surface area contributed by atoms with Crippen LogP contribution in [0.4, 0.5) is 5.69 Å². The van der Waals surface area contributed by atoms with Gasteiger partial charge in [-0.25, -0.2) is 14.4 Å². The average Bonchev–Trinajstić information content (AvgIpc) is 2.55. The standard InChI is InChI=1S/C16H11NO9/c18-11-5-10(16(25)26)12(19)4-9(11)13(20)17-8-2-6(14(21)22)1-7(3-8)15(23)24/h1-5,18-19H,(H,17,20)(H,21,22)(H,23,24)(H,25,26). The maximum absolute atomic E-state index is 12.2. The van der Waals surface area contributed by atoms with Gasteiger partial charge >= 0.3 is 17.9 Å². The van der Waals surface area contributed by atoms with Crippen LogP contribution in [-0.2, 0) is 0 Å². The van der Waals surface area contributed by atoms with Crippen molar-refractivity contribution in [2.45, 2.75) is 0 Å². The molecule has 2 rings (SSSR count). The van der Waals surface area contributed by atoms with Gasteiger partial charge in [0.1, 0.15) is 17.1 Å². The number of phenolic OH excluding ortho intramolecular Hbond substituents is 1. The van der Waals surface area contributed by atoms with Crippen LogP contribution in [0.5, 0.6) is 11.5 Å². The minimum Gasteiger partial charge on any atom is -0.507 e. The van der Waals surface area contributed by atoms with E-state index in [9.17, 15) is 29.4 Å². The largest absolute Gasteiger partial charge is 0.507 e. The summed E-state index contributed by atoms with van der Waals surface area (Å²) in [5.41, 5.74) is -2.10. The van der Waals surface area contributed by atoms with Crippen molar-refractivity contribution >= 4 is 29.5 Å². The molecule has 0 saturated carbocycles. The molecule has 0 spiro atoms. The third-order valence-corrected chi connectivity index (χ3v) is 3.27. The predicted molar refractivity (Wildman–Crippen MR) is 85.0 cm³/mol. The van der Waals surface area contributed by atoms with Crippen molar-refractivity contribution in [3.63, 3.8) is 0 Å². The fourth-order valence-corrected chi connectivity index (χ4v) is 2.08. The first-order chi connectivity index (χ1) is 12.1. The van der Waals surface area contributed by atoms with Gasteiger partial charge < -0.3 is 30.8 Å². The molecule has 0 heterocycles. The molecule has 0 aliphatic heterocycles. The van der Waals surface area contributed by atoms with Crippen molar-refractivity contribution in [2.24, 2.45) is 0 Å². The molecule has 6 N–H and O–H groups in total. The Kier molecular flexibility index (Phi) is 4.78. The van der Waals surface area contributed by atoms with E-state index < -0.39 is 57.6 Å². The summed E-state index contributed by atoms with van der Waals surface area (Å²) in [6.45, 7) is 0. The fraction of sp³-hybridized carbons (Fsp3) is 0. The molecule has 0 saturated heterocycles. The van der Waals surface area contributed by atoms with Crippen molar-refractivity contribution in [1.82, 2.24) is 0 Å². The molecule has 0 bridgehead atoms. The number of carboxylic acids is 3. The molecular formula is C16H11NO9. The first kappa shape index (κ1) is 18.3. The number of hydrogen-bond donors (Lipinski definition) is 6. The number of carbonyl (C=O) groups is 4. The Bertz CT molecular complexity index is 917. The van der Waals surface area contributed by atoms with Crippen LogP contribution in [0.1, 0.15) is 41.4 Å². The van der Waals surface area contributed by atoms with E-state index in [-0.39, 0.29) is 5.69 Å². The quantitative estimate of drug-likeness (QED) is 0.429. The van der Waals surface area contributed by atoms with Crippen LogP contribution in [0.3, 0.4) is 0 Å². The van der Waals surface area contributed by atoms with Gasteiger partial charge in [-0.2, -0.15) is 0 Å². The monoisotopic (exact) mass is 361 g/mol. The van der Waals surface area contributed by atoms with Gasteiger partial charge in [-0.1, -0.05) is 0 Å². The van der Waals surface area contributed by atoms with Gasteiger partial charge in [0.05, 0.1) is 16.7 Å². The van der Waals surface area contributed by atoms with Crippen molar-refractivity contribution in [3.8, 4) is 11.5 Å². The topological polar surface area (TPSA) is 181 Å². The van der Waals surface area contributed by atoms with Gasteiger partial charge in [0.25, 0.3) is 5.91 Å². The fourth-order valence-electron chi connectivity index (χ4n) is 2.08. The van der Waals surface area contributed by atoms with Gasteiger partial charge in [-0.3, -0.25) is 4.79 Å². The highest BCUT2D eigenvalue weighted by Gasteiger charge is 2.20. The molecular weight excluding hydrogens is 350 g/mol. The van der Waals surface area contributed by atoms with E-state index in [1.54, 1.807) is 0 Å². The zero-order valence-corrected chi connectivity index (χ0v) is 12.8. The van der Waals surface area contributed by atoms with Crippen LogP contribution in [0.25, 0.3) is 0 Å². The van der Waals surface area contributed by atoms with Crippen LogP contribution >= 0.6 is 0 Å². The molecule has 0 radical (unpaired) electrons. The minimum absolute atomic E-state index is 0.187. The van der Waals surface area contributed by atoms with Gasteiger partial charge in [0.2, 0.25) is 0 Å². The first-order valence-electron chi connectivity index (χ1n) is 6.82. The van der Waals surface area contributed by atoms with Gasteiger partial charge in [-0.05, 0) is 30.3 Å². The zero-order valence-electron chi connectivity index (χ0n) is 12.8. The third kappa shape index (κ3) is 3.70. The van der Waals surface area contributed by atoms with Crippen LogP contribution in [0.15, 0.2) is 30.3 Å². The number of hydrogen-bond acceptors (Lipinski definition) is 6. The maximum Gasteiger partial charge on any atom is 0.339 e. The van der Waals surface area contributed by atoms with Crippen LogP contribution in [0.2, 0.25) is 0 Å². The second-order valence-corrected chi connectivity index (χ2v) is 5.06. The number of anilines is 1. The molecule has 134 valence electrons. The summed E-state index contributed by atoms with van der Waals surface area (Å²) in [6, 6.07) is 4.27. The molecule has 0 aliphatic rings. The average molecular weight is 361 g/mol. The first-order valence-corrected chi connectivity index (χ1v) is 6.82. The summed E-state index contributed by atoms with van der Waals surface area (Å²) in [4.78, 5) is 45.2. The van der Waals surface area contributed by atoms with Crippen LogP contribution < -0.4 is 5.32 Å². The van der Waals surface area contributed by atoms with Crippen LogP contribution in [-0.4, -0.2) is 49.3 Å². The number of carboxylic acid groups (broad SMARTS) is 3. The Morgan fingerprint density at radius 1 is 0.654 bits per heavy atom. The summed E-state index contributed by atoms with van der Waals surface area (Å²) in [5, 5.41) is 48.4. The Balaban J connectivity index is 2.41. The van der Waals surface area contributed by atoms with Gasteiger partial charge in [0, 0.05) is 5.69 Å². The molecule has 0 unspecified atom stereocenters. The molecule has 0 aromatic heterocycles. The lowest BCUT2D eigenvalue weighted by Gasteiger charge is -2.10. The van der Waals surface area contributed by atoms with Gasteiger partial charge in [-0.15, -0.1) is 0 Å². The number of amides is 1. The smallest absolute Gasteiger partial charge is 0.339 e. The second-order valence-electron chi connectivity index (χ2n) is 5.06. The number of carbonyl (C=O) groups excluding carboxylic acids is 1. The van der Waals surface area contributed by atoms with E-state index in [0.29, 0.717) is 12.1 Å². The molecule has 2 aromatic carbocycles. The van der Waals surface area contributed by atoms with Crippen molar-refractivity contribution < 1.29 is 44.7 Å². The number of rotatable bonds is 5. The zero-order chi connectivity index (χ0) is 19.6. The van der Waals surface area contributed by atoms with Crippen molar-refractivity contribution in [1.29, 1.82) is 0 Å². The predicted octanol–water partition coefficient (Wildman–Crippen LogP) is 1.44. The molecule has 1 amide bonds. The number of phenols is 2. The summed E-state index contributed by atoms with van der Waals surface area (Å²) in [7, 11) is 0. The molecule has 0 aliphatic carbocycles. The lowest BCUT2D eigenvalue weighted by molar-refractivity contribution is 0.0680. The molecule has 0 fully saturated rings. The Morgan fingerprint density at radius 3 is 1.58 bits per heavy atom. The minimum atomic E-state index is -1.52. The van der Waals surface area contributed by atoms with E-state index in [2.05, 4.69) is 5.32 Å². The maximum atomic E-state index is 12.2. The molecule has 26 heavy (non-hydrogen) atoms. The van der Waals surface area contributed by atoms with E-state index in [1.165, 1.54) is 0 Å². The Hall–Kier alpha value is -4.08. The van der Waals surface area contributed by atoms with E-state index in [1.807, 2.05) is 0 Å². The summed E-state index contributed by atoms with van der Waals surface area (Å²) >= 11 is 0. The molecule has 10 nitrogen and oxygen atoms in total.